The van der Waals surface area contributed by atoms with Crippen LogP contribution in [0.2, 0.25) is 49.4 Å². The highest BCUT2D eigenvalue weighted by molar-refractivity contribution is 6.74. The summed E-state index contributed by atoms with van der Waals surface area (Å²) in [4.78, 5) is 28.7. The van der Waals surface area contributed by atoms with E-state index in [0.717, 1.165) is 66.7 Å². The maximum Gasteiger partial charge on any atom is 0.338 e. The molecule has 1 aromatic carbocycles. The SMILES string of the molecule is CC[Si](CC)(CC)OC(CCO[Si](C)C)/C(C)=C1/C2OC(C)(C)OC2[C@]2(C)C(O[Si](CC)(CC)CC)CC3OCC3(OC(=O)C3CC3)C2C(OC(=O)c2ccccc2)CC1(C)C. The largest absolute Gasteiger partial charge is 0.458 e. The van der Waals surface area contributed by atoms with Gasteiger partial charge in [0.15, 0.2) is 28.0 Å². The zero-order chi connectivity index (χ0) is 45.5. The number of benzene rings is 1. The van der Waals surface area contributed by atoms with Crippen molar-refractivity contribution in [2.75, 3.05) is 13.2 Å². The molecular formula is C49H81O10Si3. The molecule has 5 fully saturated rings. The van der Waals surface area contributed by atoms with Crippen molar-refractivity contribution in [3.05, 3.63) is 47.0 Å². The fraction of sp³-hybridized carbons (Fsp3) is 0.796. The predicted octanol–water partition coefficient (Wildman–Crippen LogP) is 11.0. The number of ether oxygens (including phenoxy) is 5. The molecule has 349 valence electrons. The number of esters is 2. The van der Waals surface area contributed by atoms with Crippen molar-refractivity contribution in [1.82, 2.24) is 0 Å². The molecule has 3 saturated carbocycles. The summed E-state index contributed by atoms with van der Waals surface area (Å²) in [5.74, 6) is -2.22. The Balaban J connectivity index is 1.63. The van der Waals surface area contributed by atoms with Gasteiger partial charge in [-0.2, -0.15) is 0 Å². The summed E-state index contributed by atoms with van der Waals surface area (Å²) in [5.41, 5.74) is 0.208. The van der Waals surface area contributed by atoms with Crippen molar-refractivity contribution >= 4 is 37.6 Å². The van der Waals surface area contributed by atoms with Crippen LogP contribution in [0.25, 0.3) is 0 Å². The van der Waals surface area contributed by atoms with Crippen molar-refractivity contribution < 1.29 is 46.6 Å². The van der Waals surface area contributed by atoms with Crippen LogP contribution in [0, 0.1) is 22.7 Å². The average molecular weight is 914 g/mol. The van der Waals surface area contributed by atoms with Gasteiger partial charge in [0.05, 0.1) is 42.3 Å². The summed E-state index contributed by atoms with van der Waals surface area (Å²) >= 11 is 0. The zero-order valence-corrected chi connectivity index (χ0v) is 43.8. The molecule has 0 N–H and O–H groups in total. The maximum absolute atomic E-state index is 14.6. The van der Waals surface area contributed by atoms with Crippen LogP contribution in [-0.2, 0) is 41.8 Å². The van der Waals surface area contributed by atoms with Gasteiger partial charge in [-0.15, -0.1) is 0 Å². The van der Waals surface area contributed by atoms with E-state index in [1.807, 2.05) is 32.0 Å². The summed E-state index contributed by atoms with van der Waals surface area (Å²) in [5, 5.41) is 0. The van der Waals surface area contributed by atoms with Gasteiger partial charge in [-0.25, -0.2) is 4.79 Å². The van der Waals surface area contributed by atoms with E-state index < -0.39 is 84.2 Å². The first-order valence-electron chi connectivity index (χ1n) is 24.2. The van der Waals surface area contributed by atoms with Crippen LogP contribution in [0.4, 0.5) is 0 Å². The Kier molecular flexibility index (Phi) is 15.5. The van der Waals surface area contributed by atoms with Crippen LogP contribution < -0.4 is 0 Å². The minimum absolute atomic E-state index is 0.125. The lowest BCUT2D eigenvalue weighted by Crippen LogP contribution is -2.79. The smallest absolute Gasteiger partial charge is 0.338 e. The third kappa shape index (κ3) is 9.59. The maximum atomic E-state index is 14.6. The summed E-state index contributed by atoms with van der Waals surface area (Å²) in [7, 11) is -5.33. The molecule has 1 aromatic rings. The minimum Gasteiger partial charge on any atom is -0.458 e. The van der Waals surface area contributed by atoms with E-state index in [4.69, 9.17) is 37.0 Å². The van der Waals surface area contributed by atoms with Gasteiger partial charge in [-0.05, 0) is 125 Å². The number of hydrogen-bond donors (Lipinski definition) is 0. The molecule has 2 heterocycles. The van der Waals surface area contributed by atoms with Crippen LogP contribution in [-0.4, -0.2) is 98.8 Å². The quantitative estimate of drug-likeness (QED) is 0.0756. The number of rotatable bonds is 19. The summed E-state index contributed by atoms with van der Waals surface area (Å²) in [6.07, 6.45) is 0.590. The number of hydrogen-bond acceptors (Lipinski definition) is 10. The van der Waals surface area contributed by atoms with Gasteiger partial charge < -0.3 is 37.0 Å². The Labute approximate surface area is 378 Å². The van der Waals surface area contributed by atoms with Gasteiger partial charge in [-0.3, -0.25) is 4.79 Å². The van der Waals surface area contributed by atoms with Crippen LogP contribution in [0.15, 0.2) is 41.5 Å². The van der Waals surface area contributed by atoms with E-state index in [-0.39, 0.29) is 30.7 Å². The van der Waals surface area contributed by atoms with Gasteiger partial charge in [-0.1, -0.05) is 80.5 Å². The fourth-order valence-electron chi connectivity index (χ4n) is 11.8. The van der Waals surface area contributed by atoms with E-state index in [1.165, 1.54) is 0 Å². The molecule has 0 bridgehead atoms. The first-order valence-corrected chi connectivity index (χ1v) is 31.7. The molecule has 1 radical (unpaired) electrons. The molecule has 3 aliphatic carbocycles. The monoisotopic (exact) mass is 914 g/mol. The van der Waals surface area contributed by atoms with Crippen LogP contribution in [0.1, 0.15) is 126 Å². The third-order valence-corrected chi connectivity index (χ3v) is 26.1. The van der Waals surface area contributed by atoms with Gasteiger partial charge >= 0.3 is 11.9 Å². The minimum atomic E-state index is -2.29. The summed E-state index contributed by atoms with van der Waals surface area (Å²) in [6.45, 7) is 31.9. The van der Waals surface area contributed by atoms with Gasteiger partial charge in [0.25, 0.3) is 0 Å². The molecule has 0 aromatic heterocycles. The Morgan fingerprint density at radius 1 is 0.871 bits per heavy atom. The zero-order valence-electron chi connectivity index (χ0n) is 40.8. The summed E-state index contributed by atoms with van der Waals surface area (Å²) in [6, 6.07) is 15.2. The first kappa shape index (κ1) is 49.7. The topological polar surface area (TPSA) is 108 Å². The Hall–Kier alpha value is -1.69. The predicted molar refractivity (Wildman–Crippen MR) is 250 cm³/mol. The van der Waals surface area contributed by atoms with Crippen molar-refractivity contribution in [2.24, 2.45) is 22.7 Å². The molecule has 62 heavy (non-hydrogen) atoms. The summed E-state index contributed by atoms with van der Waals surface area (Å²) < 4.78 is 56.8. The van der Waals surface area contributed by atoms with E-state index in [9.17, 15) is 9.59 Å². The van der Waals surface area contributed by atoms with Gasteiger partial charge in [0.2, 0.25) is 9.04 Å². The molecule has 0 amide bonds. The van der Waals surface area contributed by atoms with Gasteiger partial charge in [0, 0.05) is 18.4 Å². The molecular weight excluding hydrogens is 833 g/mol. The Morgan fingerprint density at radius 2 is 1.48 bits per heavy atom. The van der Waals surface area contributed by atoms with Gasteiger partial charge in [0.1, 0.15) is 18.3 Å². The molecule has 2 saturated heterocycles. The lowest BCUT2D eigenvalue weighted by Gasteiger charge is -2.67. The third-order valence-electron chi connectivity index (χ3n) is 16.0. The first-order chi connectivity index (χ1) is 29.2. The van der Waals surface area contributed by atoms with Crippen molar-refractivity contribution in [2.45, 2.75) is 213 Å². The number of fused-ring (bicyclic) bond motifs is 5. The number of carbonyl (C=O) groups is 2. The lowest BCUT2D eigenvalue weighted by molar-refractivity contribution is -0.347. The van der Waals surface area contributed by atoms with E-state index in [0.29, 0.717) is 25.0 Å². The highest BCUT2D eigenvalue weighted by atomic mass is 28.4. The molecule has 13 heteroatoms. The van der Waals surface area contributed by atoms with Crippen LogP contribution in [0.3, 0.4) is 0 Å². The lowest BCUT2D eigenvalue weighted by atomic mass is 9.48. The van der Waals surface area contributed by atoms with E-state index in [2.05, 4.69) is 82.3 Å². The van der Waals surface area contributed by atoms with E-state index >= 15 is 0 Å². The molecule has 0 spiro atoms. The van der Waals surface area contributed by atoms with Crippen LogP contribution in [0.5, 0.6) is 0 Å². The van der Waals surface area contributed by atoms with Crippen molar-refractivity contribution in [3.8, 4) is 0 Å². The standard InChI is InChI=1S/C49H81O10Si3/c1-15-61(16-2,17-3)58-36(28-29-53-60(13)14)33(7)40-41-43(56-47(10,11)55-41)48(12)38(59-62(18-4,19-5)20-6)30-39-49(32-52-39,57-45(51)35-26-27-35)42(48)37(31-46(40,8)9)54-44(50)34-24-22-21-23-25-34/h21-25,35-39,41-43H,15-20,26-32H2,1-14H3/b40-33-/t36?,37?,38?,39?,41?,42?,43?,48-,49?/m1/s1. The normalized spacial score (nSPS) is 33.0. The molecule has 6 rings (SSSR count). The molecule has 8 unspecified atom stereocenters. The molecule has 5 aliphatic rings. The second kappa shape index (κ2) is 19.3. The Bertz CT molecular complexity index is 1720. The van der Waals surface area contributed by atoms with Crippen molar-refractivity contribution in [3.63, 3.8) is 0 Å². The highest BCUT2D eigenvalue weighted by Gasteiger charge is 2.76. The number of carbonyl (C=O) groups excluding carboxylic acids is 2. The Morgan fingerprint density at radius 3 is 2.02 bits per heavy atom. The molecule has 2 aliphatic heterocycles. The van der Waals surface area contributed by atoms with Crippen LogP contribution >= 0.6 is 0 Å². The second-order valence-corrected chi connectivity index (χ2v) is 32.3. The fourth-order valence-corrected chi connectivity index (χ4v) is 18.2. The van der Waals surface area contributed by atoms with E-state index in [1.54, 1.807) is 12.1 Å². The average Bonchev–Trinajstić information content (AvgIpc) is 4.04. The highest BCUT2D eigenvalue weighted by Crippen LogP contribution is 2.65. The second-order valence-electron chi connectivity index (χ2n) is 20.7. The van der Waals surface area contributed by atoms with Crippen molar-refractivity contribution in [1.29, 1.82) is 0 Å². The molecule has 10 nitrogen and oxygen atoms in total. The molecule has 9 atom stereocenters.